The molecule has 0 aromatic heterocycles. The Kier molecular flexibility index (Phi) is 3.33. The van der Waals surface area contributed by atoms with Gasteiger partial charge in [-0.1, -0.05) is 6.42 Å². The van der Waals surface area contributed by atoms with E-state index < -0.39 is 0 Å². The van der Waals surface area contributed by atoms with Crippen molar-refractivity contribution in [1.29, 1.82) is 0 Å². The van der Waals surface area contributed by atoms with Crippen LogP contribution in [0.5, 0.6) is 0 Å². The van der Waals surface area contributed by atoms with Crippen LogP contribution in [0.25, 0.3) is 0 Å². The maximum atomic E-state index is 5.99. The van der Waals surface area contributed by atoms with Crippen LogP contribution in [0, 0.1) is 11.3 Å². The molecule has 1 heterocycles. The summed E-state index contributed by atoms with van der Waals surface area (Å²) in [6.45, 7) is 3.36. The van der Waals surface area contributed by atoms with Gasteiger partial charge < -0.3 is 16.0 Å². The Hall–Kier alpha value is -0.120. The minimum Gasteiger partial charge on any atom is -0.330 e. The van der Waals surface area contributed by atoms with E-state index >= 15 is 0 Å². The molecule has 15 heavy (non-hydrogen) atoms. The van der Waals surface area contributed by atoms with Crippen molar-refractivity contribution in [2.24, 2.45) is 17.1 Å². The molecule has 0 amide bonds. The molecule has 0 aromatic rings. The maximum absolute atomic E-state index is 5.99. The van der Waals surface area contributed by atoms with E-state index in [1.807, 2.05) is 0 Å². The Bertz CT molecular complexity index is 207. The van der Waals surface area contributed by atoms with Gasteiger partial charge >= 0.3 is 0 Å². The van der Waals surface area contributed by atoms with Gasteiger partial charge in [0.2, 0.25) is 0 Å². The van der Waals surface area contributed by atoms with Gasteiger partial charge in [0.05, 0.1) is 0 Å². The minimum atomic E-state index is 0.421. The zero-order chi connectivity index (χ0) is 10.9. The van der Waals surface area contributed by atoms with Gasteiger partial charge in [-0.3, -0.25) is 0 Å². The Labute approximate surface area is 93.4 Å². The molecular weight excluding hydrogens is 186 g/mol. The fourth-order valence-corrected chi connectivity index (χ4v) is 3.56. The average molecular weight is 211 g/mol. The molecule has 0 bridgehead atoms. The largest absolute Gasteiger partial charge is 0.330 e. The van der Waals surface area contributed by atoms with Crippen molar-refractivity contribution in [3.05, 3.63) is 0 Å². The van der Waals surface area contributed by atoms with Gasteiger partial charge in [-0.15, -0.1) is 0 Å². The molecule has 2 aliphatic rings. The Morgan fingerprint density at radius 3 is 2.60 bits per heavy atom. The molecule has 1 saturated carbocycles. The number of nitrogens with two attached hydrogens (primary N) is 1. The van der Waals surface area contributed by atoms with E-state index in [0.717, 1.165) is 12.5 Å². The van der Waals surface area contributed by atoms with Crippen molar-refractivity contribution in [3.63, 3.8) is 0 Å². The van der Waals surface area contributed by atoms with Gasteiger partial charge in [-0.25, -0.2) is 0 Å². The van der Waals surface area contributed by atoms with E-state index in [1.165, 1.54) is 38.8 Å². The average Bonchev–Trinajstić information content (AvgIpc) is 2.58. The Morgan fingerprint density at radius 2 is 2.27 bits per heavy atom. The summed E-state index contributed by atoms with van der Waals surface area (Å²) in [5.41, 5.74) is 6.42. The van der Waals surface area contributed by atoms with Crippen molar-refractivity contribution < 1.29 is 0 Å². The van der Waals surface area contributed by atoms with E-state index in [1.54, 1.807) is 0 Å². The molecule has 0 aromatic carbocycles. The number of hydrogen-bond acceptors (Lipinski definition) is 3. The van der Waals surface area contributed by atoms with Crippen LogP contribution in [0.15, 0.2) is 0 Å². The first-order chi connectivity index (χ1) is 7.22. The summed E-state index contributed by atoms with van der Waals surface area (Å²) in [4.78, 5) is 2.44. The van der Waals surface area contributed by atoms with Crippen molar-refractivity contribution in [3.8, 4) is 0 Å². The fourth-order valence-electron chi connectivity index (χ4n) is 3.56. The first-order valence-electron chi connectivity index (χ1n) is 6.28. The lowest BCUT2D eigenvalue weighted by Crippen LogP contribution is -2.56. The molecular formula is C12H25N3. The molecule has 1 aliphatic carbocycles. The highest BCUT2D eigenvalue weighted by molar-refractivity contribution is 5.02. The lowest BCUT2D eigenvalue weighted by molar-refractivity contribution is 0.0573. The smallest absolute Gasteiger partial charge is 0.0173 e. The highest BCUT2D eigenvalue weighted by atomic mass is 15.1. The van der Waals surface area contributed by atoms with Crippen LogP contribution in [0.3, 0.4) is 0 Å². The van der Waals surface area contributed by atoms with Crippen LogP contribution < -0.4 is 11.1 Å². The summed E-state index contributed by atoms with van der Waals surface area (Å²) in [5.74, 6) is 0.809. The third-order valence-corrected chi connectivity index (χ3v) is 4.63. The van der Waals surface area contributed by atoms with Crippen molar-refractivity contribution >= 4 is 0 Å². The fraction of sp³-hybridized carbons (Fsp3) is 1.00. The second-order valence-electron chi connectivity index (χ2n) is 5.50. The molecule has 1 saturated heterocycles. The predicted octanol–water partition coefficient (Wildman–Crippen LogP) is 0.655. The summed E-state index contributed by atoms with van der Waals surface area (Å²) in [7, 11) is 4.33. The monoisotopic (exact) mass is 211 g/mol. The van der Waals surface area contributed by atoms with E-state index in [2.05, 4.69) is 24.3 Å². The van der Waals surface area contributed by atoms with E-state index in [9.17, 15) is 0 Å². The third-order valence-electron chi connectivity index (χ3n) is 4.63. The Morgan fingerprint density at radius 1 is 1.53 bits per heavy atom. The summed E-state index contributed by atoms with van der Waals surface area (Å²) < 4.78 is 0. The van der Waals surface area contributed by atoms with E-state index in [0.29, 0.717) is 11.5 Å². The molecule has 3 N–H and O–H groups in total. The topological polar surface area (TPSA) is 41.3 Å². The SMILES string of the molecule is CNC(C1CCN(C)C1)C1(CN)CCC1. The first kappa shape index (κ1) is 11.4. The van der Waals surface area contributed by atoms with Crippen LogP contribution in [-0.4, -0.2) is 44.7 Å². The van der Waals surface area contributed by atoms with Gasteiger partial charge in [0, 0.05) is 12.6 Å². The van der Waals surface area contributed by atoms with E-state index in [-0.39, 0.29) is 0 Å². The highest BCUT2D eigenvalue weighted by Gasteiger charge is 2.46. The highest BCUT2D eigenvalue weighted by Crippen LogP contribution is 2.46. The van der Waals surface area contributed by atoms with Gasteiger partial charge in [-0.2, -0.15) is 0 Å². The molecule has 3 heteroatoms. The lowest BCUT2D eigenvalue weighted by Gasteiger charge is -2.49. The molecule has 88 valence electrons. The number of rotatable bonds is 4. The van der Waals surface area contributed by atoms with Gasteiger partial charge in [-0.05, 0) is 57.8 Å². The van der Waals surface area contributed by atoms with Gasteiger partial charge in [0.25, 0.3) is 0 Å². The van der Waals surface area contributed by atoms with Gasteiger partial charge in [0.1, 0.15) is 0 Å². The molecule has 0 radical (unpaired) electrons. The summed E-state index contributed by atoms with van der Waals surface area (Å²) in [6, 6.07) is 0.640. The van der Waals surface area contributed by atoms with Crippen LogP contribution >= 0.6 is 0 Å². The van der Waals surface area contributed by atoms with Crippen molar-refractivity contribution in [2.45, 2.75) is 31.7 Å². The lowest BCUT2D eigenvalue weighted by atomic mass is 9.61. The van der Waals surface area contributed by atoms with Crippen LogP contribution in [0.2, 0.25) is 0 Å². The number of hydrogen-bond donors (Lipinski definition) is 2. The summed E-state index contributed by atoms with van der Waals surface area (Å²) in [6.07, 6.45) is 5.37. The van der Waals surface area contributed by atoms with E-state index in [4.69, 9.17) is 5.73 Å². The maximum Gasteiger partial charge on any atom is 0.0173 e. The molecule has 2 fully saturated rings. The van der Waals surface area contributed by atoms with Crippen LogP contribution in [0.4, 0.5) is 0 Å². The molecule has 2 atom stereocenters. The first-order valence-corrected chi connectivity index (χ1v) is 6.28. The standard InChI is InChI=1S/C12H25N3/c1-14-11(10-4-7-15(2)8-10)12(9-13)5-3-6-12/h10-11,14H,3-9,13H2,1-2H3. The summed E-state index contributed by atoms with van der Waals surface area (Å²) in [5, 5.41) is 3.55. The zero-order valence-electron chi connectivity index (χ0n) is 10.1. The number of likely N-dealkylation sites (tertiary alicyclic amines) is 1. The molecule has 0 spiro atoms. The third kappa shape index (κ3) is 1.93. The second-order valence-corrected chi connectivity index (χ2v) is 5.50. The van der Waals surface area contributed by atoms with Crippen LogP contribution in [0.1, 0.15) is 25.7 Å². The Balaban J connectivity index is 2.02. The summed E-state index contributed by atoms with van der Waals surface area (Å²) >= 11 is 0. The normalized spacial score (nSPS) is 32.6. The number of nitrogens with one attached hydrogen (secondary N) is 1. The molecule has 3 nitrogen and oxygen atoms in total. The van der Waals surface area contributed by atoms with Crippen LogP contribution in [-0.2, 0) is 0 Å². The molecule has 2 rings (SSSR count). The van der Waals surface area contributed by atoms with Crippen molar-refractivity contribution in [2.75, 3.05) is 33.7 Å². The molecule has 2 unspecified atom stereocenters. The minimum absolute atomic E-state index is 0.421. The number of nitrogens with zero attached hydrogens (tertiary/aromatic N) is 1. The zero-order valence-corrected chi connectivity index (χ0v) is 10.1. The quantitative estimate of drug-likeness (QED) is 0.717. The second kappa shape index (κ2) is 4.40. The molecule has 1 aliphatic heterocycles. The van der Waals surface area contributed by atoms with Crippen molar-refractivity contribution in [1.82, 2.24) is 10.2 Å². The van der Waals surface area contributed by atoms with Gasteiger partial charge in [0.15, 0.2) is 0 Å². The predicted molar refractivity (Wildman–Crippen MR) is 63.8 cm³/mol.